The lowest BCUT2D eigenvalue weighted by molar-refractivity contribution is 0.0998. The Kier molecular flexibility index (Phi) is 6.88. The normalized spacial score (nSPS) is 14.2. The van der Waals surface area contributed by atoms with E-state index in [-0.39, 0.29) is 16.5 Å². The number of halogens is 1. The largest absolute Gasteiger partial charge is 0.366 e. The average Bonchev–Trinajstić information content (AvgIpc) is 2.80. The van der Waals surface area contributed by atoms with Crippen molar-refractivity contribution in [3.63, 3.8) is 0 Å². The van der Waals surface area contributed by atoms with Gasteiger partial charge in [0, 0.05) is 17.8 Å². The van der Waals surface area contributed by atoms with E-state index in [1.807, 2.05) is 36.4 Å². The van der Waals surface area contributed by atoms with Crippen molar-refractivity contribution in [3.05, 3.63) is 88.4 Å². The summed E-state index contributed by atoms with van der Waals surface area (Å²) in [4.78, 5) is 26.8. The van der Waals surface area contributed by atoms with Gasteiger partial charge in [-0.25, -0.2) is 0 Å². The van der Waals surface area contributed by atoms with Crippen LogP contribution < -0.4 is 11.1 Å². The quantitative estimate of drug-likeness (QED) is 0.535. The van der Waals surface area contributed by atoms with Crippen molar-refractivity contribution in [2.75, 3.05) is 18.4 Å². The number of carbonyl (C=O) groups is 2. The van der Waals surface area contributed by atoms with Crippen LogP contribution in [0.25, 0.3) is 11.1 Å². The van der Waals surface area contributed by atoms with E-state index < -0.39 is 5.91 Å². The van der Waals surface area contributed by atoms with Crippen LogP contribution >= 0.6 is 11.6 Å². The third-order valence-corrected chi connectivity index (χ3v) is 6.10. The van der Waals surface area contributed by atoms with Crippen LogP contribution in [0.15, 0.2) is 66.7 Å². The average molecular weight is 448 g/mol. The molecule has 32 heavy (non-hydrogen) atoms. The first-order chi connectivity index (χ1) is 15.5. The van der Waals surface area contributed by atoms with Crippen LogP contribution in [0, 0.1) is 0 Å². The first-order valence-corrected chi connectivity index (χ1v) is 11.2. The highest BCUT2D eigenvalue weighted by molar-refractivity contribution is 6.34. The fourth-order valence-electron chi connectivity index (χ4n) is 4.12. The Bertz CT molecular complexity index is 1130. The van der Waals surface area contributed by atoms with Crippen LogP contribution in [0.1, 0.15) is 45.5 Å². The lowest BCUT2D eigenvalue weighted by atomic mass is 9.96. The Balaban J connectivity index is 1.60. The fourth-order valence-corrected chi connectivity index (χ4v) is 4.39. The number of primary amides is 1. The maximum atomic E-state index is 13.0. The first kappa shape index (κ1) is 22.1. The molecule has 0 atom stereocenters. The van der Waals surface area contributed by atoms with Gasteiger partial charge in [0.05, 0.1) is 10.6 Å². The zero-order chi connectivity index (χ0) is 22.5. The third-order valence-electron chi connectivity index (χ3n) is 5.79. The summed E-state index contributed by atoms with van der Waals surface area (Å²) in [7, 11) is 0. The summed E-state index contributed by atoms with van der Waals surface area (Å²) in [6, 6.07) is 20.8. The Labute approximate surface area is 193 Å². The number of amides is 2. The van der Waals surface area contributed by atoms with Gasteiger partial charge in [0.2, 0.25) is 5.91 Å². The van der Waals surface area contributed by atoms with Gasteiger partial charge in [-0.2, -0.15) is 0 Å². The van der Waals surface area contributed by atoms with Crippen LogP contribution in [0.3, 0.4) is 0 Å². The SMILES string of the molecule is NC(=O)c1ccc(NC(=O)c2ccc(-c3ccccc3)c(CN3CCCCC3)c2)cc1Cl. The van der Waals surface area contributed by atoms with Gasteiger partial charge >= 0.3 is 0 Å². The van der Waals surface area contributed by atoms with Gasteiger partial charge < -0.3 is 11.1 Å². The number of carbonyl (C=O) groups excluding carboxylic acids is 2. The number of hydrogen-bond acceptors (Lipinski definition) is 3. The molecule has 0 radical (unpaired) electrons. The van der Waals surface area contributed by atoms with Gasteiger partial charge in [0.1, 0.15) is 0 Å². The van der Waals surface area contributed by atoms with E-state index in [9.17, 15) is 9.59 Å². The first-order valence-electron chi connectivity index (χ1n) is 10.8. The lowest BCUT2D eigenvalue weighted by Gasteiger charge is -2.27. The summed E-state index contributed by atoms with van der Waals surface area (Å²) in [5.41, 5.74) is 10.0. The minimum Gasteiger partial charge on any atom is -0.366 e. The zero-order valence-electron chi connectivity index (χ0n) is 17.8. The molecule has 1 aliphatic heterocycles. The van der Waals surface area contributed by atoms with E-state index in [2.05, 4.69) is 22.3 Å². The van der Waals surface area contributed by atoms with Crippen molar-refractivity contribution in [1.29, 1.82) is 0 Å². The van der Waals surface area contributed by atoms with Gasteiger partial charge in [-0.1, -0.05) is 54.4 Å². The molecule has 3 aromatic carbocycles. The molecule has 0 saturated carbocycles. The summed E-state index contributed by atoms with van der Waals surface area (Å²) >= 11 is 6.12. The summed E-state index contributed by atoms with van der Waals surface area (Å²) in [6.45, 7) is 2.97. The van der Waals surface area contributed by atoms with E-state index in [0.717, 1.165) is 36.3 Å². The fraction of sp³-hybridized carbons (Fsp3) is 0.231. The van der Waals surface area contributed by atoms with E-state index in [1.54, 1.807) is 6.07 Å². The minimum atomic E-state index is -0.605. The van der Waals surface area contributed by atoms with Crippen molar-refractivity contribution >= 4 is 29.1 Å². The zero-order valence-corrected chi connectivity index (χ0v) is 18.6. The van der Waals surface area contributed by atoms with Crippen LogP contribution in [-0.2, 0) is 6.54 Å². The van der Waals surface area contributed by atoms with E-state index in [4.69, 9.17) is 17.3 Å². The maximum Gasteiger partial charge on any atom is 0.255 e. The Morgan fingerprint density at radius 2 is 1.69 bits per heavy atom. The molecule has 1 saturated heterocycles. The number of likely N-dealkylation sites (tertiary alicyclic amines) is 1. The summed E-state index contributed by atoms with van der Waals surface area (Å²) in [5, 5.41) is 3.07. The molecule has 6 heteroatoms. The predicted octanol–water partition coefficient (Wildman–Crippen LogP) is 5.34. The van der Waals surface area contributed by atoms with Gasteiger partial charge in [0.25, 0.3) is 5.91 Å². The lowest BCUT2D eigenvalue weighted by Crippen LogP contribution is -2.29. The number of hydrogen-bond donors (Lipinski definition) is 2. The molecular weight excluding hydrogens is 422 g/mol. The minimum absolute atomic E-state index is 0.209. The Hall–Kier alpha value is -3.15. The third kappa shape index (κ3) is 5.18. The Morgan fingerprint density at radius 1 is 0.938 bits per heavy atom. The molecule has 164 valence electrons. The number of piperidine rings is 1. The molecule has 4 rings (SSSR count). The van der Waals surface area contributed by atoms with Gasteiger partial charge in [-0.3, -0.25) is 14.5 Å². The number of benzene rings is 3. The van der Waals surface area contributed by atoms with Crippen molar-refractivity contribution in [2.45, 2.75) is 25.8 Å². The molecule has 0 aromatic heterocycles. The van der Waals surface area contributed by atoms with Gasteiger partial charge in [-0.15, -0.1) is 0 Å². The monoisotopic (exact) mass is 447 g/mol. The van der Waals surface area contributed by atoms with Gasteiger partial charge in [-0.05, 0) is 73.0 Å². The van der Waals surface area contributed by atoms with Crippen LogP contribution in [0.5, 0.6) is 0 Å². The van der Waals surface area contributed by atoms with Crippen molar-refractivity contribution in [2.24, 2.45) is 5.73 Å². The topological polar surface area (TPSA) is 75.4 Å². The number of nitrogens with two attached hydrogens (primary N) is 1. The molecule has 0 bridgehead atoms. The molecule has 0 unspecified atom stereocenters. The second-order valence-corrected chi connectivity index (χ2v) is 8.49. The second kappa shape index (κ2) is 9.98. The summed E-state index contributed by atoms with van der Waals surface area (Å²) < 4.78 is 0. The van der Waals surface area contributed by atoms with E-state index in [1.165, 1.54) is 31.4 Å². The standard InChI is InChI=1S/C26H26ClN3O2/c27-24-16-21(10-12-23(24)25(28)31)29-26(32)19-9-11-22(18-7-3-1-4-8-18)20(15-19)17-30-13-5-2-6-14-30/h1,3-4,7-12,15-16H,2,5-6,13-14,17H2,(H2,28,31)(H,29,32). The predicted molar refractivity (Wildman–Crippen MR) is 129 cm³/mol. The number of nitrogens with one attached hydrogen (secondary N) is 1. The van der Waals surface area contributed by atoms with Crippen LogP contribution in [0.2, 0.25) is 5.02 Å². The molecule has 0 aliphatic carbocycles. The molecule has 5 nitrogen and oxygen atoms in total. The van der Waals surface area contributed by atoms with Crippen LogP contribution in [0.4, 0.5) is 5.69 Å². The molecule has 3 aromatic rings. The molecule has 1 aliphatic rings. The highest BCUT2D eigenvalue weighted by Gasteiger charge is 2.16. The molecule has 0 spiro atoms. The van der Waals surface area contributed by atoms with Crippen molar-refractivity contribution in [3.8, 4) is 11.1 Å². The number of rotatable bonds is 6. The summed E-state index contributed by atoms with van der Waals surface area (Å²) in [5.74, 6) is -0.834. The van der Waals surface area contributed by atoms with Crippen LogP contribution in [-0.4, -0.2) is 29.8 Å². The highest BCUT2D eigenvalue weighted by atomic mass is 35.5. The number of anilines is 1. The van der Waals surface area contributed by atoms with E-state index in [0.29, 0.717) is 11.3 Å². The maximum absolute atomic E-state index is 13.0. The highest BCUT2D eigenvalue weighted by Crippen LogP contribution is 2.28. The van der Waals surface area contributed by atoms with Gasteiger partial charge in [0.15, 0.2) is 0 Å². The molecule has 1 heterocycles. The van der Waals surface area contributed by atoms with E-state index >= 15 is 0 Å². The van der Waals surface area contributed by atoms with Crippen molar-refractivity contribution in [1.82, 2.24) is 4.90 Å². The smallest absolute Gasteiger partial charge is 0.255 e. The second-order valence-electron chi connectivity index (χ2n) is 8.09. The molecule has 2 amide bonds. The molecular formula is C26H26ClN3O2. The molecule has 1 fully saturated rings. The Morgan fingerprint density at radius 3 is 2.38 bits per heavy atom. The molecule has 3 N–H and O–H groups in total. The van der Waals surface area contributed by atoms with Crippen molar-refractivity contribution < 1.29 is 9.59 Å². The summed E-state index contributed by atoms with van der Waals surface area (Å²) in [6.07, 6.45) is 3.70. The number of nitrogens with zero attached hydrogens (tertiary/aromatic N) is 1.